The molecule has 2 aromatic heterocycles. The van der Waals surface area contributed by atoms with Crippen molar-refractivity contribution in [3.05, 3.63) is 41.1 Å². The van der Waals surface area contributed by atoms with Crippen LogP contribution >= 0.6 is 0 Å². The molecule has 1 saturated carbocycles. The van der Waals surface area contributed by atoms with Crippen LogP contribution in [0.15, 0.2) is 40.5 Å². The Morgan fingerprint density at radius 2 is 1.88 bits per heavy atom. The molecular formula is C29H44N8O3. The molecule has 1 aliphatic carbocycles. The molecule has 2 unspecified atom stereocenters. The van der Waals surface area contributed by atoms with Gasteiger partial charge in [0.05, 0.1) is 11.6 Å². The first-order chi connectivity index (χ1) is 19.6. The number of fused-ring (bicyclic) bond motifs is 1. The number of likely N-dealkylation sites (tertiary alicyclic amines) is 2. The molecule has 0 spiro atoms. The molecule has 2 atom stereocenters. The molecule has 11 heteroatoms. The van der Waals surface area contributed by atoms with Crippen LogP contribution in [0.2, 0.25) is 0 Å². The van der Waals surface area contributed by atoms with Crippen molar-refractivity contribution in [3.63, 3.8) is 0 Å². The van der Waals surface area contributed by atoms with Crippen LogP contribution in [0.1, 0.15) is 64.8 Å². The van der Waals surface area contributed by atoms with E-state index in [4.69, 9.17) is 0 Å². The van der Waals surface area contributed by atoms with Crippen molar-refractivity contribution in [1.82, 2.24) is 35.1 Å². The van der Waals surface area contributed by atoms with Crippen molar-refractivity contribution in [3.8, 4) is 0 Å². The number of carbonyl (C=O) groups excluding carboxylic acids is 2. The predicted molar refractivity (Wildman–Crippen MR) is 157 cm³/mol. The van der Waals surface area contributed by atoms with Gasteiger partial charge < -0.3 is 15.1 Å². The Hall–Kier alpha value is -3.47. The van der Waals surface area contributed by atoms with E-state index >= 15 is 0 Å². The van der Waals surface area contributed by atoms with Crippen molar-refractivity contribution >= 4 is 29.2 Å². The van der Waals surface area contributed by atoms with E-state index in [-0.39, 0.29) is 23.7 Å². The number of aromatic amines is 1. The first kappa shape index (κ1) is 29.5. The second kappa shape index (κ2) is 14.2. The lowest BCUT2D eigenvalue weighted by atomic mass is 9.94. The van der Waals surface area contributed by atoms with Gasteiger partial charge in [0.25, 0.3) is 0 Å². The summed E-state index contributed by atoms with van der Waals surface area (Å²) in [7, 11) is 1.89. The highest BCUT2D eigenvalue weighted by molar-refractivity contribution is 5.90. The van der Waals surface area contributed by atoms with Gasteiger partial charge in [-0.3, -0.25) is 24.6 Å². The number of hydrazone groups is 1. The van der Waals surface area contributed by atoms with Crippen LogP contribution in [0.4, 0.5) is 0 Å². The molecule has 218 valence electrons. The van der Waals surface area contributed by atoms with Gasteiger partial charge in [0.1, 0.15) is 0 Å². The Balaban J connectivity index is 0.000000175. The third-order valence-corrected chi connectivity index (χ3v) is 8.08. The molecule has 2 saturated heterocycles. The molecule has 4 aliphatic rings. The van der Waals surface area contributed by atoms with Gasteiger partial charge in [0.15, 0.2) is 5.65 Å². The lowest BCUT2D eigenvalue weighted by Gasteiger charge is -2.29. The number of imidazole rings is 1. The smallest absolute Gasteiger partial charge is 0.327 e. The number of aromatic nitrogens is 3. The fourth-order valence-electron chi connectivity index (χ4n) is 5.70. The highest BCUT2D eigenvalue weighted by Gasteiger charge is 2.35. The maximum Gasteiger partial charge on any atom is 0.327 e. The third-order valence-electron chi connectivity index (χ3n) is 8.08. The summed E-state index contributed by atoms with van der Waals surface area (Å²) in [6.07, 6.45) is 13.5. The van der Waals surface area contributed by atoms with Gasteiger partial charge in [-0.05, 0) is 63.6 Å². The van der Waals surface area contributed by atoms with E-state index in [2.05, 4.69) is 36.8 Å². The number of likely N-dealkylation sites (N-methyl/N-ethyl adjacent to an activating group) is 1. The molecule has 3 aliphatic heterocycles. The first-order valence-electron chi connectivity index (χ1n) is 14.7. The number of hydrogen-bond acceptors (Lipinski definition) is 7. The van der Waals surface area contributed by atoms with Crippen molar-refractivity contribution in [1.29, 1.82) is 0 Å². The number of H-pyrrole nitrogens is 1. The van der Waals surface area contributed by atoms with Gasteiger partial charge in [0, 0.05) is 62.7 Å². The molecule has 3 N–H and O–H groups in total. The van der Waals surface area contributed by atoms with Gasteiger partial charge in [-0.25, -0.2) is 9.78 Å². The number of hydrogen-bond donors (Lipinski definition) is 3. The normalized spacial score (nSPS) is 23.3. The standard InChI is InChI=1S/C15H24N4O.C12H14N4O2.C2H6/c1-16-14-7-6-12(13-3-2-8-17-18-13)10-19(15(14)20)9-11-4-5-11;17-8-15-6-3-9(4-7-15)16-10-2-1-5-13-11(10)14-12(16)18;1-2/h2,8,11-12,14,16-17H,3-7,9-10H2,1H3;1-2,5,8-9H,3-4,6-7H2,(H,13,14,18);1-2H3. The summed E-state index contributed by atoms with van der Waals surface area (Å²) >= 11 is 0. The highest BCUT2D eigenvalue weighted by atomic mass is 16.2. The van der Waals surface area contributed by atoms with Crippen molar-refractivity contribution in [2.75, 3.05) is 33.2 Å². The lowest BCUT2D eigenvalue weighted by molar-refractivity contribution is -0.133. The molecule has 0 aromatic carbocycles. The summed E-state index contributed by atoms with van der Waals surface area (Å²) < 4.78 is 1.77. The van der Waals surface area contributed by atoms with Crippen LogP contribution in [-0.4, -0.2) is 81.6 Å². The number of nitrogens with one attached hydrogen (secondary N) is 3. The minimum atomic E-state index is -0.117. The topological polar surface area (TPSA) is 128 Å². The Labute approximate surface area is 236 Å². The summed E-state index contributed by atoms with van der Waals surface area (Å²) in [4.78, 5) is 45.9. The van der Waals surface area contributed by atoms with Gasteiger partial charge in [-0.2, -0.15) is 5.10 Å². The quantitative estimate of drug-likeness (QED) is 0.473. The van der Waals surface area contributed by atoms with Gasteiger partial charge in [0.2, 0.25) is 12.3 Å². The Kier molecular flexibility index (Phi) is 10.5. The Bertz CT molecular complexity index is 1240. The second-order valence-electron chi connectivity index (χ2n) is 10.7. The number of rotatable bonds is 6. The number of allylic oxidation sites excluding steroid dienone is 1. The van der Waals surface area contributed by atoms with E-state index in [1.165, 1.54) is 18.6 Å². The third kappa shape index (κ3) is 7.18. The van der Waals surface area contributed by atoms with Crippen LogP contribution in [0.3, 0.4) is 0 Å². The van der Waals surface area contributed by atoms with Crippen molar-refractivity contribution in [2.45, 2.75) is 70.9 Å². The molecule has 0 bridgehead atoms. The fraction of sp³-hybridized carbons (Fsp3) is 0.621. The number of carbonyl (C=O) groups is 2. The van der Waals surface area contributed by atoms with E-state index in [0.29, 0.717) is 24.7 Å². The Morgan fingerprint density at radius 3 is 2.52 bits per heavy atom. The maximum absolute atomic E-state index is 12.6. The molecule has 40 heavy (non-hydrogen) atoms. The van der Waals surface area contributed by atoms with E-state index in [1.807, 2.05) is 39.2 Å². The minimum Gasteiger partial charge on any atom is -0.345 e. The zero-order valence-electron chi connectivity index (χ0n) is 24.0. The average molecular weight is 553 g/mol. The summed E-state index contributed by atoms with van der Waals surface area (Å²) in [6, 6.07) is 3.84. The monoisotopic (exact) mass is 552 g/mol. The van der Waals surface area contributed by atoms with Gasteiger partial charge in [-0.1, -0.05) is 19.9 Å². The SMILES string of the molecule is CC.CNC1CCC(C2=NNC=CC2)CN(CC2CC2)C1=O.O=CN1CCC(n2c(=O)[nH]c3ncccc32)CC1. The number of piperidine rings is 1. The van der Waals surface area contributed by atoms with E-state index in [1.54, 1.807) is 15.7 Å². The van der Waals surface area contributed by atoms with Crippen molar-refractivity contribution < 1.29 is 9.59 Å². The summed E-state index contributed by atoms with van der Waals surface area (Å²) in [6.45, 7) is 7.17. The van der Waals surface area contributed by atoms with Crippen LogP contribution in [-0.2, 0) is 9.59 Å². The molecular weight excluding hydrogens is 508 g/mol. The minimum absolute atomic E-state index is 0.0218. The van der Waals surface area contributed by atoms with Crippen LogP contribution in [0.25, 0.3) is 11.2 Å². The van der Waals surface area contributed by atoms with Gasteiger partial charge in [-0.15, -0.1) is 0 Å². The summed E-state index contributed by atoms with van der Waals surface area (Å²) in [5.41, 5.74) is 5.49. The van der Waals surface area contributed by atoms with Crippen molar-refractivity contribution in [2.24, 2.45) is 16.9 Å². The molecule has 3 fully saturated rings. The molecule has 2 aromatic rings. The van der Waals surface area contributed by atoms with Gasteiger partial charge >= 0.3 is 5.69 Å². The van der Waals surface area contributed by atoms with E-state index in [0.717, 1.165) is 63.0 Å². The maximum atomic E-state index is 12.6. The van der Waals surface area contributed by atoms with E-state index < -0.39 is 0 Å². The predicted octanol–water partition coefficient (Wildman–Crippen LogP) is 2.63. The average Bonchev–Trinajstić information content (AvgIpc) is 3.79. The first-order valence-corrected chi connectivity index (χ1v) is 14.7. The molecule has 6 rings (SSSR count). The number of amides is 2. The lowest BCUT2D eigenvalue weighted by Crippen LogP contribution is -2.45. The molecule has 0 radical (unpaired) electrons. The number of nitrogens with zero attached hydrogens (tertiary/aromatic N) is 5. The second-order valence-corrected chi connectivity index (χ2v) is 10.7. The molecule has 11 nitrogen and oxygen atoms in total. The Morgan fingerprint density at radius 1 is 1.10 bits per heavy atom. The number of pyridine rings is 1. The van der Waals surface area contributed by atoms with Crippen LogP contribution in [0, 0.1) is 11.8 Å². The largest absolute Gasteiger partial charge is 0.345 e. The van der Waals surface area contributed by atoms with E-state index in [9.17, 15) is 14.4 Å². The highest BCUT2D eigenvalue weighted by Crippen LogP contribution is 2.32. The van der Waals surface area contributed by atoms with Crippen LogP contribution in [0.5, 0.6) is 0 Å². The zero-order valence-corrected chi connectivity index (χ0v) is 24.0. The zero-order chi connectivity index (χ0) is 28.5. The molecule has 5 heterocycles. The fourth-order valence-corrected chi connectivity index (χ4v) is 5.70. The molecule has 2 amide bonds. The summed E-state index contributed by atoms with van der Waals surface area (Å²) in [5.74, 6) is 1.41. The van der Waals surface area contributed by atoms with Crippen LogP contribution < -0.4 is 16.4 Å². The summed E-state index contributed by atoms with van der Waals surface area (Å²) in [5, 5.41) is 7.60.